The van der Waals surface area contributed by atoms with Crippen LogP contribution in [0.5, 0.6) is 0 Å². The summed E-state index contributed by atoms with van der Waals surface area (Å²) in [7, 11) is 0. The first-order chi connectivity index (χ1) is 13.6. The third-order valence-corrected chi connectivity index (χ3v) is 5.43. The molecule has 4 aromatic rings. The van der Waals surface area contributed by atoms with Crippen LogP contribution in [0.25, 0.3) is 22.3 Å². The van der Waals surface area contributed by atoms with Crippen molar-refractivity contribution in [3.63, 3.8) is 0 Å². The number of para-hydroxylation sites is 1. The van der Waals surface area contributed by atoms with Crippen molar-refractivity contribution in [2.75, 3.05) is 0 Å². The molecule has 1 aromatic carbocycles. The van der Waals surface area contributed by atoms with Gasteiger partial charge in [-0.2, -0.15) is 0 Å². The molecule has 0 fully saturated rings. The first kappa shape index (κ1) is 18.2. The monoisotopic (exact) mass is 393 g/mol. The molecule has 0 radical (unpaired) electrons. The van der Waals surface area contributed by atoms with Crippen LogP contribution in [-0.2, 0) is 12.3 Å². The summed E-state index contributed by atoms with van der Waals surface area (Å²) < 4.78 is 7.36. The zero-order chi connectivity index (χ0) is 19.7. The number of hydrogen-bond acceptors (Lipinski definition) is 6. The minimum absolute atomic E-state index is 0.133. The standard InChI is InChI=1S/C20H19N5O2S/c1-4-9-25-18(14-8-10-27-13(14)3)23-24-20(25)28-11-16-21-17-12(2)6-5-7-15(17)19(26)22-16/h4-8,10H,1,9,11H2,2-3H3,(H,21,22,26). The summed E-state index contributed by atoms with van der Waals surface area (Å²) in [5, 5.41) is 9.96. The minimum Gasteiger partial charge on any atom is -0.469 e. The molecule has 8 heteroatoms. The fraction of sp³-hybridized carbons (Fsp3) is 0.200. The quantitative estimate of drug-likeness (QED) is 0.395. The van der Waals surface area contributed by atoms with Crippen molar-refractivity contribution in [2.24, 2.45) is 0 Å². The van der Waals surface area contributed by atoms with E-state index in [0.717, 1.165) is 33.4 Å². The van der Waals surface area contributed by atoms with Gasteiger partial charge >= 0.3 is 0 Å². The molecule has 0 aliphatic heterocycles. The summed E-state index contributed by atoms with van der Waals surface area (Å²) in [4.78, 5) is 19.9. The number of rotatable bonds is 6. The Labute approximate surface area is 165 Å². The van der Waals surface area contributed by atoms with Crippen LogP contribution in [0.3, 0.4) is 0 Å². The fourth-order valence-corrected chi connectivity index (χ4v) is 3.88. The lowest BCUT2D eigenvalue weighted by Crippen LogP contribution is -2.12. The van der Waals surface area contributed by atoms with Crippen molar-refractivity contribution in [3.8, 4) is 11.4 Å². The van der Waals surface area contributed by atoms with E-state index in [1.165, 1.54) is 11.8 Å². The molecule has 1 N–H and O–H groups in total. The molecule has 0 spiro atoms. The van der Waals surface area contributed by atoms with Gasteiger partial charge in [-0.05, 0) is 31.5 Å². The molecule has 3 aromatic heterocycles. The predicted molar refractivity (Wildman–Crippen MR) is 109 cm³/mol. The number of aromatic amines is 1. The number of allylic oxidation sites excluding steroid dienone is 1. The second-order valence-corrected chi connectivity index (χ2v) is 7.31. The number of benzene rings is 1. The summed E-state index contributed by atoms with van der Waals surface area (Å²) in [6, 6.07) is 7.47. The van der Waals surface area contributed by atoms with Crippen LogP contribution in [0.4, 0.5) is 0 Å². The number of aryl methyl sites for hydroxylation is 2. The van der Waals surface area contributed by atoms with Crippen LogP contribution >= 0.6 is 11.8 Å². The lowest BCUT2D eigenvalue weighted by Gasteiger charge is -2.08. The largest absolute Gasteiger partial charge is 0.469 e. The van der Waals surface area contributed by atoms with Crippen LogP contribution in [-0.4, -0.2) is 24.7 Å². The number of nitrogens with one attached hydrogen (secondary N) is 1. The van der Waals surface area contributed by atoms with Crippen molar-refractivity contribution in [1.82, 2.24) is 24.7 Å². The third kappa shape index (κ3) is 3.27. The van der Waals surface area contributed by atoms with Gasteiger partial charge in [0.1, 0.15) is 11.6 Å². The molecule has 0 saturated carbocycles. The molecule has 3 heterocycles. The molecule has 0 aliphatic rings. The Balaban J connectivity index is 1.65. The number of nitrogens with zero attached hydrogens (tertiary/aromatic N) is 4. The van der Waals surface area contributed by atoms with Crippen LogP contribution in [0, 0.1) is 13.8 Å². The summed E-state index contributed by atoms with van der Waals surface area (Å²) in [5.41, 5.74) is 2.46. The predicted octanol–water partition coefficient (Wildman–Crippen LogP) is 3.87. The Morgan fingerprint density at radius 3 is 2.89 bits per heavy atom. The van der Waals surface area contributed by atoms with Gasteiger partial charge in [0.15, 0.2) is 11.0 Å². The zero-order valence-corrected chi connectivity index (χ0v) is 16.4. The summed E-state index contributed by atoms with van der Waals surface area (Å²) in [6.45, 7) is 8.23. The lowest BCUT2D eigenvalue weighted by molar-refractivity contribution is 0.534. The minimum atomic E-state index is -0.133. The van der Waals surface area contributed by atoms with E-state index in [2.05, 4.69) is 26.7 Å². The number of thioether (sulfide) groups is 1. The second-order valence-electron chi connectivity index (χ2n) is 6.37. The highest BCUT2D eigenvalue weighted by Crippen LogP contribution is 2.28. The first-order valence-corrected chi connectivity index (χ1v) is 9.77. The highest BCUT2D eigenvalue weighted by atomic mass is 32.2. The van der Waals surface area contributed by atoms with E-state index in [1.807, 2.05) is 36.6 Å². The SMILES string of the molecule is C=CCn1c(SCc2nc3c(C)cccc3c(=O)[nH]2)nnc1-c1ccoc1C. The Kier molecular flexibility index (Phi) is 4.87. The normalized spacial score (nSPS) is 11.2. The van der Waals surface area contributed by atoms with E-state index in [4.69, 9.17) is 4.42 Å². The van der Waals surface area contributed by atoms with Gasteiger partial charge in [0.25, 0.3) is 5.56 Å². The number of furan rings is 1. The van der Waals surface area contributed by atoms with Crippen molar-refractivity contribution >= 4 is 22.7 Å². The van der Waals surface area contributed by atoms with E-state index in [1.54, 1.807) is 18.4 Å². The molecule has 7 nitrogen and oxygen atoms in total. The third-order valence-electron chi connectivity index (χ3n) is 4.45. The smallest absolute Gasteiger partial charge is 0.258 e. The highest BCUT2D eigenvalue weighted by Gasteiger charge is 2.17. The maximum atomic E-state index is 12.4. The Hall–Kier alpha value is -3.13. The number of aromatic nitrogens is 5. The number of H-pyrrole nitrogens is 1. The van der Waals surface area contributed by atoms with E-state index in [0.29, 0.717) is 23.5 Å². The van der Waals surface area contributed by atoms with Gasteiger partial charge in [0, 0.05) is 6.54 Å². The van der Waals surface area contributed by atoms with Crippen molar-refractivity contribution in [2.45, 2.75) is 31.3 Å². The van der Waals surface area contributed by atoms with Gasteiger partial charge in [-0.25, -0.2) is 4.98 Å². The molecule has 0 aliphatic carbocycles. The first-order valence-electron chi connectivity index (χ1n) is 8.78. The molecule has 0 atom stereocenters. The maximum Gasteiger partial charge on any atom is 0.258 e. The van der Waals surface area contributed by atoms with Crippen LogP contribution in [0.1, 0.15) is 17.1 Å². The molecular weight excluding hydrogens is 374 g/mol. The van der Waals surface area contributed by atoms with Gasteiger partial charge in [-0.15, -0.1) is 16.8 Å². The summed E-state index contributed by atoms with van der Waals surface area (Å²) >= 11 is 1.47. The van der Waals surface area contributed by atoms with Crippen LogP contribution in [0.15, 0.2) is 57.6 Å². The van der Waals surface area contributed by atoms with E-state index in [9.17, 15) is 4.79 Å². The fourth-order valence-electron chi connectivity index (χ4n) is 3.06. The molecule has 0 saturated heterocycles. The van der Waals surface area contributed by atoms with E-state index >= 15 is 0 Å². The Bertz CT molecular complexity index is 1220. The topological polar surface area (TPSA) is 89.6 Å². The van der Waals surface area contributed by atoms with Crippen molar-refractivity contribution in [3.05, 3.63) is 70.7 Å². The second kappa shape index (κ2) is 7.47. The van der Waals surface area contributed by atoms with Crippen molar-refractivity contribution in [1.29, 1.82) is 0 Å². The highest BCUT2D eigenvalue weighted by molar-refractivity contribution is 7.98. The summed E-state index contributed by atoms with van der Waals surface area (Å²) in [5.74, 6) is 2.58. The number of fused-ring (bicyclic) bond motifs is 1. The van der Waals surface area contributed by atoms with E-state index in [-0.39, 0.29) is 5.56 Å². The molecule has 142 valence electrons. The average molecular weight is 393 g/mol. The Morgan fingerprint density at radius 2 is 2.14 bits per heavy atom. The number of hydrogen-bond donors (Lipinski definition) is 1. The van der Waals surface area contributed by atoms with Crippen LogP contribution < -0.4 is 5.56 Å². The molecular formula is C20H19N5O2S. The van der Waals surface area contributed by atoms with Gasteiger partial charge in [-0.1, -0.05) is 30.0 Å². The summed E-state index contributed by atoms with van der Waals surface area (Å²) in [6.07, 6.45) is 3.43. The molecule has 0 bridgehead atoms. The van der Waals surface area contributed by atoms with Gasteiger partial charge in [0.05, 0.1) is 28.5 Å². The zero-order valence-electron chi connectivity index (χ0n) is 15.6. The van der Waals surface area contributed by atoms with Gasteiger partial charge in [-0.3, -0.25) is 9.36 Å². The van der Waals surface area contributed by atoms with Gasteiger partial charge in [0.2, 0.25) is 0 Å². The van der Waals surface area contributed by atoms with Crippen molar-refractivity contribution < 1.29 is 4.42 Å². The molecule has 28 heavy (non-hydrogen) atoms. The molecule has 0 unspecified atom stereocenters. The maximum absolute atomic E-state index is 12.4. The van der Waals surface area contributed by atoms with Gasteiger partial charge < -0.3 is 9.40 Å². The van der Waals surface area contributed by atoms with E-state index < -0.39 is 0 Å². The average Bonchev–Trinajstić information content (AvgIpc) is 3.27. The lowest BCUT2D eigenvalue weighted by atomic mass is 10.1. The Morgan fingerprint density at radius 1 is 1.29 bits per heavy atom. The molecule has 4 rings (SSSR count). The molecule has 0 amide bonds. The van der Waals surface area contributed by atoms with Crippen LogP contribution in [0.2, 0.25) is 0 Å².